The minimum Gasteiger partial charge on any atom is -0.374 e. The summed E-state index contributed by atoms with van der Waals surface area (Å²) >= 11 is 0. The van der Waals surface area contributed by atoms with Crippen molar-refractivity contribution in [1.29, 1.82) is 0 Å². The lowest BCUT2D eigenvalue weighted by atomic mass is 10.1. The summed E-state index contributed by atoms with van der Waals surface area (Å²) in [5, 5.41) is 10.3. The highest BCUT2D eigenvalue weighted by molar-refractivity contribution is 5.14. The molecular weight excluding hydrogens is 344 g/mol. The van der Waals surface area contributed by atoms with Crippen LogP contribution < -0.4 is 0 Å². The summed E-state index contributed by atoms with van der Waals surface area (Å²) in [6.45, 7) is 5.15. The first-order valence-corrected chi connectivity index (χ1v) is 9.11. The molecule has 0 aliphatic carbocycles. The lowest BCUT2D eigenvalue weighted by Crippen LogP contribution is -2.39. The summed E-state index contributed by atoms with van der Waals surface area (Å²) in [5.41, 5.74) is 2.13. The van der Waals surface area contributed by atoms with Crippen LogP contribution in [0.1, 0.15) is 11.1 Å². The largest absolute Gasteiger partial charge is 0.374 e. The molecule has 1 N–H and O–H groups in total. The number of benzene rings is 2. The molecule has 5 nitrogen and oxygen atoms in total. The summed E-state index contributed by atoms with van der Waals surface area (Å²) in [7, 11) is 0. The van der Waals surface area contributed by atoms with Crippen LogP contribution in [0.5, 0.6) is 0 Å². The molecule has 0 unspecified atom stereocenters. The van der Waals surface area contributed by atoms with Gasteiger partial charge in [-0.15, -0.1) is 6.58 Å². The van der Waals surface area contributed by atoms with Gasteiger partial charge in [0.05, 0.1) is 26.4 Å². The van der Waals surface area contributed by atoms with Gasteiger partial charge in [-0.1, -0.05) is 66.7 Å². The molecule has 1 aliphatic heterocycles. The Morgan fingerprint density at radius 2 is 1.52 bits per heavy atom. The van der Waals surface area contributed by atoms with Gasteiger partial charge < -0.3 is 24.1 Å². The Kier molecular flexibility index (Phi) is 7.56. The molecular formula is C22H26O5. The Labute approximate surface area is 160 Å². The van der Waals surface area contributed by atoms with Crippen LogP contribution in [0.2, 0.25) is 0 Å². The van der Waals surface area contributed by atoms with E-state index < -0.39 is 24.6 Å². The first kappa shape index (κ1) is 19.7. The zero-order chi connectivity index (χ0) is 18.9. The third kappa shape index (κ3) is 5.73. The maximum Gasteiger partial charge on any atom is 0.184 e. The van der Waals surface area contributed by atoms with Crippen LogP contribution in [0.4, 0.5) is 0 Å². The van der Waals surface area contributed by atoms with Gasteiger partial charge in [-0.2, -0.15) is 0 Å². The fraction of sp³-hybridized carbons (Fsp3) is 0.364. The van der Waals surface area contributed by atoms with E-state index in [1.165, 1.54) is 0 Å². The van der Waals surface area contributed by atoms with E-state index in [-0.39, 0.29) is 0 Å². The average Bonchev–Trinajstić information content (AvgIpc) is 3.00. The topological polar surface area (TPSA) is 57.2 Å². The zero-order valence-electron chi connectivity index (χ0n) is 15.3. The van der Waals surface area contributed by atoms with Gasteiger partial charge >= 0.3 is 0 Å². The van der Waals surface area contributed by atoms with Crippen LogP contribution in [-0.4, -0.2) is 42.9 Å². The van der Waals surface area contributed by atoms with E-state index in [9.17, 15) is 5.11 Å². The summed E-state index contributed by atoms with van der Waals surface area (Å²) in [6, 6.07) is 19.8. The Morgan fingerprint density at radius 3 is 2.15 bits per heavy atom. The number of ether oxygens (including phenoxy) is 4. The molecule has 3 rings (SSSR count). The van der Waals surface area contributed by atoms with Gasteiger partial charge in [-0.3, -0.25) is 0 Å². The predicted octanol–water partition coefficient (Wildman–Crippen LogP) is 3.08. The third-order valence-corrected chi connectivity index (χ3v) is 4.37. The summed E-state index contributed by atoms with van der Waals surface area (Å²) in [4.78, 5) is 0. The first-order valence-electron chi connectivity index (χ1n) is 9.11. The number of aliphatic hydroxyl groups excluding tert-OH is 1. The summed E-state index contributed by atoms with van der Waals surface area (Å²) in [5.74, 6) is 0. The minimum absolute atomic E-state index is 0.305. The monoisotopic (exact) mass is 370 g/mol. The van der Waals surface area contributed by atoms with Crippen LogP contribution in [0.15, 0.2) is 73.3 Å². The van der Waals surface area contributed by atoms with Crippen LogP contribution in [-0.2, 0) is 32.2 Å². The van der Waals surface area contributed by atoms with Crippen molar-refractivity contribution in [3.63, 3.8) is 0 Å². The van der Waals surface area contributed by atoms with Crippen molar-refractivity contribution in [1.82, 2.24) is 0 Å². The van der Waals surface area contributed by atoms with Crippen molar-refractivity contribution in [2.24, 2.45) is 0 Å². The van der Waals surface area contributed by atoms with Gasteiger partial charge in [0.1, 0.15) is 18.3 Å². The molecule has 4 atom stereocenters. The van der Waals surface area contributed by atoms with Crippen LogP contribution in [0.25, 0.3) is 0 Å². The molecule has 27 heavy (non-hydrogen) atoms. The molecule has 144 valence electrons. The van der Waals surface area contributed by atoms with E-state index in [0.29, 0.717) is 26.4 Å². The Morgan fingerprint density at radius 1 is 0.889 bits per heavy atom. The van der Waals surface area contributed by atoms with E-state index >= 15 is 0 Å². The summed E-state index contributed by atoms with van der Waals surface area (Å²) in [6.07, 6.45) is -0.855. The minimum atomic E-state index is -1.06. The highest BCUT2D eigenvalue weighted by Crippen LogP contribution is 2.27. The molecule has 1 aliphatic rings. The molecule has 2 aromatic rings. The van der Waals surface area contributed by atoms with Crippen molar-refractivity contribution in [3.8, 4) is 0 Å². The SMILES string of the molecule is C=CCO[C@@H]1[C@H](OCc2ccccc2)[C@@H](COCc2ccccc2)O[C@H]1O. The second-order valence-electron chi connectivity index (χ2n) is 6.41. The zero-order valence-corrected chi connectivity index (χ0v) is 15.3. The van der Waals surface area contributed by atoms with E-state index in [4.69, 9.17) is 18.9 Å². The van der Waals surface area contributed by atoms with Crippen molar-refractivity contribution in [2.45, 2.75) is 37.8 Å². The van der Waals surface area contributed by atoms with Gasteiger partial charge in [-0.05, 0) is 11.1 Å². The van der Waals surface area contributed by atoms with E-state index in [1.807, 2.05) is 60.7 Å². The number of hydrogen-bond donors (Lipinski definition) is 1. The Hall–Kier alpha value is -2.02. The number of rotatable bonds is 10. The van der Waals surface area contributed by atoms with E-state index in [1.54, 1.807) is 6.08 Å². The summed E-state index contributed by atoms with van der Waals surface area (Å²) < 4.78 is 23.2. The van der Waals surface area contributed by atoms with E-state index in [2.05, 4.69) is 6.58 Å². The highest BCUT2D eigenvalue weighted by atomic mass is 16.7. The quantitative estimate of drug-likeness (QED) is 0.652. The number of hydrogen-bond acceptors (Lipinski definition) is 5. The number of aliphatic hydroxyl groups is 1. The highest BCUT2D eigenvalue weighted by Gasteiger charge is 2.45. The van der Waals surface area contributed by atoms with Crippen molar-refractivity contribution in [3.05, 3.63) is 84.4 Å². The second kappa shape index (κ2) is 10.3. The molecule has 0 amide bonds. The van der Waals surface area contributed by atoms with Gasteiger partial charge in [0, 0.05) is 0 Å². The van der Waals surface area contributed by atoms with Gasteiger partial charge in [-0.25, -0.2) is 0 Å². The fourth-order valence-corrected chi connectivity index (χ4v) is 3.03. The molecule has 0 aromatic heterocycles. The van der Waals surface area contributed by atoms with Crippen LogP contribution >= 0.6 is 0 Å². The fourth-order valence-electron chi connectivity index (χ4n) is 3.03. The first-order chi connectivity index (χ1) is 13.3. The molecule has 0 radical (unpaired) electrons. The molecule has 1 heterocycles. The molecule has 0 spiro atoms. The van der Waals surface area contributed by atoms with Crippen molar-refractivity contribution in [2.75, 3.05) is 13.2 Å². The van der Waals surface area contributed by atoms with Gasteiger partial charge in [0.2, 0.25) is 0 Å². The maximum absolute atomic E-state index is 10.3. The molecule has 0 bridgehead atoms. The lowest BCUT2D eigenvalue weighted by Gasteiger charge is -2.23. The normalized spacial score (nSPS) is 24.8. The molecule has 5 heteroatoms. The van der Waals surface area contributed by atoms with Gasteiger partial charge in [0.25, 0.3) is 0 Å². The standard InChI is InChI=1S/C22H26O5/c1-2-13-25-21-20(26-15-18-11-7-4-8-12-18)19(27-22(21)23)16-24-14-17-9-5-3-6-10-17/h2-12,19-23H,1,13-16H2/t19-,20-,21-,22-/m1/s1. The third-order valence-electron chi connectivity index (χ3n) is 4.37. The smallest absolute Gasteiger partial charge is 0.184 e. The van der Waals surface area contributed by atoms with E-state index in [0.717, 1.165) is 11.1 Å². The Balaban J connectivity index is 1.59. The average molecular weight is 370 g/mol. The second-order valence-corrected chi connectivity index (χ2v) is 6.41. The predicted molar refractivity (Wildman–Crippen MR) is 102 cm³/mol. The molecule has 1 fully saturated rings. The van der Waals surface area contributed by atoms with Gasteiger partial charge in [0.15, 0.2) is 6.29 Å². The van der Waals surface area contributed by atoms with Crippen LogP contribution in [0.3, 0.4) is 0 Å². The molecule has 1 saturated heterocycles. The molecule has 0 saturated carbocycles. The maximum atomic E-state index is 10.3. The Bertz CT molecular complexity index is 676. The van der Waals surface area contributed by atoms with Crippen LogP contribution in [0, 0.1) is 0 Å². The van der Waals surface area contributed by atoms with Crippen molar-refractivity contribution < 1.29 is 24.1 Å². The molecule has 2 aromatic carbocycles. The lowest BCUT2D eigenvalue weighted by molar-refractivity contribution is -0.147. The van der Waals surface area contributed by atoms with Crippen molar-refractivity contribution >= 4 is 0 Å².